The number of nitrogens with zero attached hydrogens (tertiary/aromatic N) is 2. The molecule has 0 amide bonds. The minimum absolute atomic E-state index is 0.0382. The number of nitrogens with two attached hydrogens (primary N) is 1. The van der Waals surface area contributed by atoms with Crippen LogP contribution in [0.25, 0.3) is 0 Å². The van der Waals surface area contributed by atoms with E-state index in [1.54, 1.807) is 0 Å². The molecular formula is C14H27N5. The van der Waals surface area contributed by atoms with Crippen molar-refractivity contribution in [3.05, 3.63) is 11.9 Å². The van der Waals surface area contributed by atoms with E-state index in [0.29, 0.717) is 5.82 Å². The Morgan fingerprint density at radius 1 is 1.11 bits per heavy atom. The standard InChI is InChI=1S/C14H27N5/c1-7-10-16-11(8-12(17-10)19-15)18-14(5,6)9-13(2,3)4/h8H,7,9,15H2,1-6H3,(H2,16,17,18,19). The normalized spacial score (nSPS) is 12.4. The Bertz CT molecular complexity index is 398. The molecule has 0 aliphatic rings. The zero-order valence-corrected chi connectivity index (χ0v) is 13.0. The predicted molar refractivity (Wildman–Crippen MR) is 81.0 cm³/mol. The summed E-state index contributed by atoms with van der Waals surface area (Å²) in [7, 11) is 0. The molecule has 4 N–H and O–H groups in total. The molecular weight excluding hydrogens is 238 g/mol. The van der Waals surface area contributed by atoms with Crippen LogP contribution in [0.15, 0.2) is 6.07 Å². The van der Waals surface area contributed by atoms with Crippen molar-refractivity contribution in [3.63, 3.8) is 0 Å². The second kappa shape index (κ2) is 5.74. The second-order valence-electron chi connectivity index (χ2n) is 6.80. The molecule has 5 nitrogen and oxygen atoms in total. The minimum Gasteiger partial charge on any atom is -0.365 e. The van der Waals surface area contributed by atoms with Crippen LogP contribution in [0.5, 0.6) is 0 Å². The summed E-state index contributed by atoms with van der Waals surface area (Å²) in [6.45, 7) is 13.1. The van der Waals surface area contributed by atoms with E-state index in [1.807, 2.05) is 13.0 Å². The minimum atomic E-state index is -0.0382. The average Bonchev–Trinajstić information content (AvgIpc) is 2.24. The van der Waals surface area contributed by atoms with Crippen LogP contribution in [0.4, 0.5) is 11.6 Å². The quantitative estimate of drug-likeness (QED) is 0.563. The summed E-state index contributed by atoms with van der Waals surface area (Å²) in [4.78, 5) is 8.79. The number of hydrogen-bond acceptors (Lipinski definition) is 5. The smallest absolute Gasteiger partial charge is 0.145 e. The highest BCUT2D eigenvalue weighted by atomic mass is 15.3. The Hall–Kier alpha value is -1.36. The summed E-state index contributed by atoms with van der Waals surface area (Å²) in [5.41, 5.74) is 2.80. The van der Waals surface area contributed by atoms with Gasteiger partial charge in [0, 0.05) is 18.0 Å². The molecule has 0 saturated carbocycles. The molecule has 5 heteroatoms. The summed E-state index contributed by atoms with van der Waals surface area (Å²) in [6, 6.07) is 1.84. The number of nitrogens with one attached hydrogen (secondary N) is 2. The van der Waals surface area contributed by atoms with E-state index in [4.69, 9.17) is 5.84 Å². The predicted octanol–water partition coefficient (Wildman–Crippen LogP) is 2.95. The van der Waals surface area contributed by atoms with Crippen LogP contribution in [-0.2, 0) is 6.42 Å². The lowest BCUT2D eigenvalue weighted by molar-refractivity contribution is 0.302. The maximum Gasteiger partial charge on any atom is 0.145 e. The van der Waals surface area contributed by atoms with Gasteiger partial charge in [-0.15, -0.1) is 0 Å². The highest BCUT2D eigenvalue weighted by Crippen LogP contribution is 2.29. The zero-order valence-electron chi connectivity index (χ0n) is 13.0. The first-order chi connectivity index (χ1) is 8.65. The monoisotopic (exact) mass is 265 g/mol. The summed E-state index contributed by atoms with van der Waals surface area (Å²) < 4.78 is 0. The number of aryl methyl sites for hydroxylation is 1. The molecule has 0 fully saturated rings. The Labute approximate surface area is 116 Å². The molecule has 0 aromatic carbocycles. The fraction of sp³-hybridized carbons (Fsp3) is 0.714. The highest BCUT2D eigenvalue weighted by molar-refractivity contribution is 5.48. The molecule has 0 saturated heterocycles. The number of hydrazine groups is 1. The molecule has 19 heavy (non-hydrogen) atoms. The second-order valence-corrected chi connectivity index (χ2v) is 6.80. The molecule has 0 spiro atoms. The summed E-state index contributed by atoms with van der Waals surface area (Å²) >= 11 is 0. The summed E-state index contributed by atoms with van der Waals surface area (Å²) in [6.07, 6.45) is 1.82. The van der Waals surface area contributed by atoms with Crippen LogP contribution in [0.1, 0.15) is 53.8 Å². The topological polar surface area (TPSA) is 75.9 Å². The van der Waals surface area contributed by atoms with Gasteiger partial charge in [0.1, 0.15) is 17.5 Å². The van der Waals surface area contributed by atoms with Gasteiger partial charge in [0.25, 0.3) is 0 Å². The Balaban J connectivity index is 2.91. The van der Waals surface area contributed by atoms with Gasteiger partial charge < -0.3 is 10.7 Å². The number of hydrogen-bond donors (Lipinski definition) is 3. The van der Waals surface area contributed by atoms with Crippen molar-refractivity contribution in [3.8, 4) is 0 Å². The number of anilines is 2. The van der Waals surface area contributed by atoms with E-state index < -0.39 is 0 Å². The first-order valence-electron chi connectivity index (χ1n) is 6.78. The van der Waals surface area contributed by atoms with Crippen molar-refractivity contribution >= 4 is 11.6 Å². The third kappa shape index (κ3) is 5.42. The molecule has 0 unspecified atom stereocenters. The molecule has 1 rings (SSSR count). The van der Waals surface area contributed by atoms with Crippen molar-refractivity contribution in [2.75, 3.05) is 10.7 Å². The fourth-order valence-electron chi connectivity index (χ4n) is 2.51. The van der Waals surface area contributed by atoms with Gasteiger partial charge in [0.2, 0.25) is 0 Å². The molecule has 1 aromatic heterocycles. The third-order valence-corrected chi connectivity index (χ3v) is 2.68. The van der Waals surface area contributed by atoms with Crippen molar-refractivity contribution < 1.29 is 0 Å². The van der Waals surface area contributed by atoms with Crippen molar-refractivity contribution in [2.24, 2.45) is 11.3 Å². The van der Waals surface area contributed by atoms with E-state index in [1.165, 1.54) is 0 Å². The van der Waals surface area contributed by atoms with Crippen molar-refractivity contribution in [1.82, 2.24) is 9.97 Å². The van der Waals surface area contributed by atoms with Gasteiger partial charge in [-0.3, -0.25) is 0 Å². The van der Waals surface area contributed by atoms with Crippen LogP contribution >= 0.6 is 0 Å². The SMILES string of the molecule is CCc1nc(NN)cc(NC(C)(C)CC(C)(C)C)n1. The molecule has 0 radical (unpaired) electrons. The zero-order chi connectivity index (χ0) is 14.7. The number of aromatic nitrogens is 2. The number of nitrogen functional groups attached to an aromatic ring is 1. The molecule has 0 bridgehead atoms. The third-order valence-electron chi connectivity index (χ3n) is 2.68. The van der Waals surface area contributed by atoms with Gasteiger partial charge in [0.15, 0.2) is 0 Å². The first kappa shape index (κ1) is 15.7. The lowest BCUT2D eigenvalue weighted by atomic mass is 9.82. The van der Waals surface area contributed by atoms with Crippen molar-refractivity contribution in [1.29, 1.82) is 0 Å². The summed E-state index contributed by atoms with van der Waals surface area (Å²) in [5, 5.41) is 3.48. The van der Waals surface area contributed by atoms with E-state index in [9.17, 15) is 0 Å². The van der Waals surface area contributed by atoms with E-state index in [-0.39, 0.29) is 11.0 Å². The highest BCUT2D eigenvalue weighted by Gasteiger charge is 2.25. The van der Waals surface area contributed by atoms with E-state index in [2.05, 4.69) is 55.3 Å². The fourth-order valence-corrected chi connectivity index (χ4v) is 2.51. The van der Waals surface area contributed by atoms with Crippen LogP contribution in [0.2, 0.25) is 0 Å². The molecule has 0 aliphatic carbocycles. The van der Waals surface area contributed by atoms with Gasteiger partial charge >= 0.3 is 0 Å². The largest absolute Gasteiger partial charge is 0.365 e. The van der Waals surface area contributed by atoms with E-state index >= 15 is 0 Å². The molecule has 108 valence electrons. The van der Waals surface area contributed by atoms with Gasteiger partial charge in [-0.25, -0.2) is 15.8 Å². The molecule has 0 aliphatic heterocycles. The molecule has 1 aromatic rings. The number of rotatable bonds is 5. The van der Waals surface area contributed by atoms with Crippen LogP contribution in [0.3, 0.4) is 0 Å². The van der Waals surface area contributed by atoms with Gasteiger partial charge in [-0.1, -0.05) is 27.7 Å². The Morgan fingerprint density at radius 2 is 1.68 bits per heavy atom. The van der Waals surface area contributed by atoms with Gasteiger partial charge in [0.05, 0.1) is 0 Å². The first-order valence-corrected chi connectivity index (χ1v) is 6.78. The van der Waals surface area contributed by atoms with E-state index in [0.717, 1.165) is 24.5 Å². The molecule has 0 atom stereocenters. The lowest BCUT2D eigenvalue weighted by Crippen LogP contribution is -2.36. The van der Waals surface area contributed by atoms with Gasteiger partial charge in [-0.05, 0) is 25.7 Å². The molecule has 1 heterocycles. The Morgan fingerprint density at radius 3 is 2.16 bits per heavy atom. The average molecular weight is 265 g/mol. The van der Waals surface area contributed by atoms with Gasteiger partial charge in [-0.2, -0.15) is 0 Å². The Kier molecular flexibility index (Phi) is 4.74. The maximum absolute atomic E-state index is 5.44. The van der Waals surface area contributed by atoms with Crippen LogP contribution in [0, 0.1) is 5.41 Å². The lowest BCUT2D eigenvalue weighted by Gasteiger charge is -2.33. The van der Waals surface area contributed by atoms with Crippen LogP contribution in [-0.4, -0.2) is 15.5 Å². The summed E-state index contributed by atoms with van der Waals surface area (Å²) in [5.74, 6) is 7.68. The van der Waals surface area contributed by atoms with Crippen LogP contribution < -0.4 is 16.6 Å². The van der Waals surface area contributed by atoms with Crippen molar-refractivity contribution in [2.45, 2.75) is 59.9 Å². The maximum atomic E-state index is 5.44.